The fraction of sp³-hybridized carbons (Fsp3) is 0.429. The number of nitrogens with zero attached hydrogens (tertiary/aromatic N) is 2. The van der Waals surface area contributed by atoms with E-state index in [2.05, 4.69) is 10.6 Å². The van der Waals surface area contributed by atoms with Crippen LogP contribution in [0.25, 0.3) is 0 Å². The van der Waals surface area contributed by atoms with E-state index in [1.165, 1.54) is 12.1 Å². The van der Waals surface area contributed by atoms with E-state index in [1.807, 2.05) is 4.90 Å². The number of hydrogen-bond donors (Lipinski definition) is 2. The molecule has 0 aromatic heterocycles. The minimum absolute atomic E-state index is 0.0414. The van der Waals surface area contributed by atoms with Crippen molar-refractivity contribution in [2.75, 3.05) is 25.0 Å². The van der Waals surface area contributed by atoms with Crippen molar-refractivity contribution in [3.8, 4) is 0 Å². The zero-order chi connectivity index (χ0) is 15.9. The average molecular weight is 322 g/mol. The summed E-state index contributed by atoms with van der Waals surface area (Å²) in [6, 6.07) is 6.05. The molecule has 1 aliphatic heterocycles. The molecule has 2 N–H and O–H groups in total. The Kier molecular flexibility index (Phi) is 5.65. The number of thiocarbonyl (C=S) groups is 1. The molecule has 118 valence electrons. The molecule has 1 aromatic rings. The number of non-ortho nitro benzene ring substituents is 1. The number of nitro benzene ring substituents is 1. The maximum Gasteiger partial charge on any atom is 0.269 e. The Morgan fingerprint density at radius 1 is 1.36 bits per heavy atom. The molecule has 0 spiro atoms. The van der Waals surface area contributed by atoms with Crippen LogP contribution < -0.4 is 10.6 Å². The van der Waals surface area contributed by atoms with E-state index in [0.29, 0.717) is 23.8 Å². The predicted octanol–water partition coefficient (Wildman–Crippen LogP) is 1.89. The lowest BCUT2D eigenvalue weighted by molar-refractivity contribution is -0.384. The van der Waals surface area contributed by atoms with Crippen LogP contribution in [0.1, 0.15) is 19.3 Å². The summed E-state index contributed by atoms with van der Waals surface area (Å²) < 4.78 is 0. The van der Waals surface area contributed by atoms with Crippen LogP contribution in [0.3, 0.4) is 0 Å². The highest BCUT2D eigenvalue weighted by molar-refractivity contribution is 7.80. The van der Waals surface area contributed by atoms with E-state index in [4.69, 9.17) is 12.2 Å². The molecule has 0 saturated carbocycles. The molecule has 0 radical (unpaired) electrons. The van der Waals surface area contributed by atoms with Crippen molar-refractivity contribution in [1.82, 2.24) is 10.2 Å². The first-order valence-electron chi connectivity index (χ1n) is 7.13. The van der Waals surface area contributed by atoms with E-state index in [-0.39, 0.29) is 11.6 Å². The van der Waals surface area contributed by atoms with Crippen LogP contribution in [0.2, 0.25) is 0 Å². The molecule has 0 atom stereocenters. The Morgan fingerprint density at radius 3 is 2.68 bits per heavy atom. The van der Waals surface area contributed by atoms with Crippen molar-refractivity contribution in [3.63, 3.8) is 0 Å². The van der Waals surface area contributed by atoms with Crippen LogP contribution >= 0.6 is 12.2 Å². The summed E-state index contributed by atoms with van der Waals surface area (Å²) in [6.45, 7) is 2.26. The lowest BCUT2D eigenvalue weighted by Crippen LogP contribution is -2.32. The van der Waals surface area contributed by atoms with Crippen molar-refractivity contribution >= 4 is 34.6 Å². The van der Waals surface area contributed by atoms with Gasteiger partial charge in [0.25, 0.3) is 5.69 Å². The molecule has 1 aromatic carbocycles. The first-order valence-corrected chi connectivity index (χ1v) is 7.54. The Morgan fingerprint density at radius 2 is 2.09 bits per heavy atom. The lowest BCUT2D eigenvalue weighted by atomic mass is 10.3. The molecule has 1 heterocycles. The Bertz CT molecular complexity index is 562. The number of nitrogens with one attached hydrogen (secondary N) is 2. The SMILES string of the molecule is O=C1CCCN1CCCNC(=S)Nc1ccc([N+](=O)[O-])cc1. The van der Waals surface area contributed by atoms with E-state index in [9.17, 15) is 14.9 Å². The maximum atomic E-state index is 11.4. The first-order chi connectivity index (χ1) is 10.6. The van der Waals surface area contributed by atoms with Gasteiger partial charge in [0.2, 0.25) is 5.91 Å². The number of nitro groups is 1. The molecule has 1 aliphatic rings. The van der Waals surface area contributed by atoms with Crippen LogP contribution in [0.15, 0.2) is 24.3 Å². The number of carbonyl (C=O) groups is 1. The second-order valence-corrected chi connectivity index (χ2v) is 5.43. The summed E-state index contributed by atoms with van der Waals surface area (Å²) in [6.07, 6.45) is 2.44. The summed E-state index contributed by atoms with van der Waals surface area (Å²) >= 11 is 5.16. The van der Waals surface area contributed by atoms with Gasteiger partial charge in [0, 0.05) is 43.9 Å². The van der Waals surface area contributed by atoms with Crippen molar-refractivity contribution in [2.24, 2.45) is 0 Å². The van der Waals surface area contributed by atoms with E-state index in [1.54, 1.807) is 12.1 Å². The molecule has 1 amide bonds. The van der Waals surface area contributed by atoms with Crippen LogP contribution in [0.4, 0.5) is 11.4 Å². The summed E-state index contributed by atoms with van der Waals surface area (Å²) in [5.74, 6) is 0.228. The zero-order valence-electron chi connectivity index (χ0n) is 12.1. The molecule has 0 aliphatic carbocycles. The number of anilines is 1. The average Bonchev–Trinajstić information content (AvgIpc) is 2.89. The quantitative estimate of drug-likeness (QED) is 0.360. The second kappa shape index (κ2) is 7.69. The molecular formula is C14H18N4O3S. The summed E-state index contributed by atoms with van der Waals surface area (Å²) in [5.41, 5.74) is 0.734. The van der Waals surface area contributed by atoms with Crippen molar-refractivity contribution in [3.05, 3.63) is 34.4 Å². The van der Waals surface area contributed by atoms with Gasteiger partial charge in [-0.2, -0.15) is 0 Å². The number of benzene rings is 1. The first kappa shape index (κ1) is 16.2. The second-order valence-electron chi connectivity index (χ2n) is 5.02. The number of hydrogen-bond acceptors (Lipinski definition) is 4. The standard InChI is InChI=1S/C14H18N4O3S/c19-13-3-1-9-17(13)10-2-8-15-14(22)16-11-4-6-12(7-5-11)18(20)21/h4-7H,1-3,8-10H2,(H2,15,16,22). The van der Waals surface area contributed by atoms with Gasteiger partial charge in [0.15, 0.2) is 5.11 Å². The third-order valence-electron chi connectivity index (χ3n) is 3.40. The number of rotatable bonds is 6. The minimum Gasteiger partial charge on any atom is -0.362 e. The predicted molar refractivity (Wildman–Crippen MR) is 87.8 cm³/mol. The van der Waals surface area contributed by atoms with Crippen molar-refractivity contribution < 1.29 is 9.72 Å². The van der Waals surface area contributed by atoms with Gasteiger partial charge in [0.1, 0.15) is 0 Å². The molecular weight excluding hydrogens is 304 g/mol. The molecule has 2 rings (SSSR count). The maximum absolute atomic E-state index is 11.4. The molecule has 7 nitrogen and oxygen atoms in total. The highest BCUT2D eigenvalue weighted by Gasteiger charge is 2.18. The minimum atomic E-state index is -0.444. The van der Waals surface area contributed by atoms with Gasteiger partial charge in [-0.3, -0.25) is 14.9 Å². The van der Waals surface area contributed by atoms with E-state index in [0.717, 1.165) is 25.9 Å². The van der Waals surface area contributed by atoms with Crippen molar-refractivity contribution in [2.45, 2.75) is 19.3 Å². The number of carbonyl (C=O) groups excluding carboxylic acids is 1. The molecule has 22 heavy (non-hydrogen) atoms. The topological polar surface area (TPSA) is 87.5 Å². The Balaban J connectivity index is 1.67. The summed E-state index contributed by atoms with van der Waals surface area (Å²) in [7, 11) is 0. The monoisotopic (exact) mass is 322 g/mol. The Labute approximate surface area is 133 Å². The van der Waals surface area contributed by atoms with Crippen LogP contribution in [-0.4, -0.2) is 40.5 Å². The largest absolute Gasteiger partial charge is 0.362 e. The highest BCUT2D eigenvalue weighted by atomic mass is 32.1. The summed E-state index contributed by atoms with van der Waals surface area (Å²) in [5, 5.41) is 17.0. The fourth-order valence-electron chi connectivity index (χ4n) is 2.25. The molecule has 0 bridgehead atoms. The van der Waals surface area contributed by atoms with Gasteiger partial charge in [-0.25, -0.2) is 0 Å². The van der Waals surface area contributed by atoms with Gasteiger partial charge in [-0.05, 0) is 37.2 Å². The van der Waals surface area contributed by atoms with Crippen LogP contribution in [0, 0.1) is 10.1 Å². The van der Waals surface area contributed by atoms with Crippen LogP contribution in [0.5, 0.6) is 0 Å². The molecule has 1 saturated heterocycles. The van der Waals surface area contributed by atoms with Gasteiger partial charge >= 0.3 is 0 Å². The van der Waals surface area contributed by atoms with E-state index >= 15 is 0 Å². The molecule has 8 heteroatoms. The zero-order valence-corrected chi connectivity index (χ0v) is 12.9. The van der Waals surface area contributed by atoms with Crippen molar-refractivity contribution in [1.29, 1.82) is 0 Å². The van der Waals surface area contributed by atoms with Gasteiger partial charge in [-0.1, -0.05) is 0 Å². The Hall–Kier alpha value is -2.22. The lowest BCUT2D eigenvalue weighted by Gasteiger charge is -2.16. The number of amides is 1. The smallest absolute Gasteiger partial charge is 0.269 e. The normalized spacial score (nSPS) is 14.0. The molecule has 1 fully saturated rings. The van der Waals surface area contributed by atoms with Gasteiger partial charge in [-0.15, -0.1) is 0 Å². The van der Waals surface area contributed by atoms with E-state index < -0.39 is 4.92 Å². The summed E-state index contributed by atoms with van der Waals surface area (Å²) in [4.78, 5) is 23.4. The fourth-order valence-corrected chi connectivity index (χ4v) is 2.47. The molecule has 0 unspecified atom stereocenters. The van der Waals surface area contributed by atoms with Crippen LogP contribution in [-0.2, 0) is 4.79 Å². The third kappa shape index (κ3) is 4.66. The van der Waals surface area contributed by atoms with Gasteiger partial charge < -0.3 is 15.5 Å². The third-order valence-corrected chi connectivity index (χ3v) is 3.64. The van der Waals surface area contributed by atoms with Gasteiger partial charge in [0.05, 0.1) is 4.92 Å². The highest BCUT2D eigenvalue weighted by Crippen LogP contribution is 2.15. The number of likely N-dealkylation sites (tertiary alicyclic amines) is 1.